The molecule has 1 atom stereocenters. The molecular formula is C13H14Cl2N4O3S3. The van der Waals surface area contributed by atoms with Crippen LogP contribution in [0.25, 0.3) is 0 Å². The van der Waals surface area contributed by atoms with E-state index in [1.165, 1.54) is 48.2 Å². The predicted molar refractivity (Wildman–Crippen MR) is 104 cm³/mol. The molecule has 7 nitrogen and oxygen atoms in total. The number of nitrogens with one attached hydrogen (secondary N) is 1. The Balaban J connectivity index is 2.34. The molecule has 0 spiro atoms. The summed E-state index contributed by atoms with van der Waals surface area (Å²) in [6, 6.07) is 3.32. The van der Waals surface area contributed by atoms with E-state index in [1.54, 1.807) is 0 Å². The molecule has 1 unspecified atom stereocenters. The highest BCUT2D eigenvalue weighted by atomic mass is 35.5. The van der Waals surface area contributed by atoms with Crippen LogP contribution in [0.3, 0.4) is 0 Å². The molecule has 2 aromatic rings. The van der Waals surface area contributed by atoms with Crippen molar-refractivity contribution in [3.05, 3.63) is 28.2 Å². The fourth-order valence-electron chi connectivity index (χ4n) is 1.99. The van der Waals surface area contributed by atoms with Crippen LogP contribution in [0.5, 0.6) is 0 Å². The van der Waals surface area contributed by atoms with Gasteiger partial charge in [-0.05, 0) is 31.4 Å². The van der Waals surface area contributed by atoms with Crippen molar-refractivity contribution in [1.82, 2.24) is 10.2 Å². The van der Waals surface area contributed by atoms with Gasteiger partial charge in [-0.25, -0.2) is 8.42 Å². The van der Waals surface area contributed by atoms with Crippen LogP contribution in [0.1, 0.15) is 6.92 Å². The summed E-state index contributed by atoms with van der Waals surface area (Å²) < 4.78 is 26.1. The van der Waals surface area contributed by atoms with E-state index < -0.39 is 22.0 Å². The third kappa shape index (κ3) is 4.98. The van der Waals surface area contributed by atoms with Crippen molar-refractivity contribution in [2.75, 3.05) is 22.1 Å². The van der Waals surface area contributed by atoms with Gasteiger partial charge >= 0.3 is 0 Å². The van der Waals surface area contributed by atoms with Gasteiger partial charge in [0.25, 0.3) is 0 Å². The van der Waals surface area contributed by atoms with Gasteiger partial charge in [0.15, 0.2) is 4.34 Å². The van der Waals surface area contributed by atoms with Gasteiger partial charge in [-0.3, -0.25) is 14.4 Å². The van der Waals surface area contributed by atoms with Crippen LogP contribution in [-0.4, -0.2) is 43.1 Å². The zero-order chi connectivity index (χ0) is 18.8. The van der Waals surface area contributed by atoms with Crippen molar-refractivity contribution >= 4 is 73.0 Å². The molecule has 1 heterocycles. The highest BCUT2D eigenvalue weighted by Gasteiger charge is 2.31. The number of hydrogen-bond donors (Lipinski definition) is 1. The second-order valence-corrected chi connectivity index (χ2v) is 9.63. The molecule has 12 heteroatoms. The van der Waals surface area contributed by atoms with E-state index in [2.05, 4.69) is 15.5 Å². The summed E-state index contributed by atoms with van der Waals surface area (Å²) in [4.78, 5) is 12.5. The summed E-state index contributed by atoms with van der Waals surface area (Å²) in [5.41, 5.74) is 0.126. The maximum absolute atomic E-state index is 12.5. The molecule has 0 radical (unpaired) electrons. The van der Waals surface area contributed by atoms with Gasteiger partial charge in [-0.2, -0.15) is 0 Å². The number of thioether (sulfide) groups is 1. The van der Waals surface area contributed by atoms with Crippen LogP contribution in [0.2, 0.25) is 10.0 Å². The Labute approximate surface area is 163 Å². The van der Waals surface area contributed by atoms with E-state index >= 15 is 0 Å². The minimum atomic E-state index is -3.80. The zero-order valence-corrected chi connectivity index (χ0v) is 17.3. The molecule has 0 aliphatic rings. The molecule has 1 amide bonds. The molecule has 2 rings (SSSR count). The van der Waals surface area contributed by atoms with Gasteiger partial charge in [0.1, 0.15) is 6.04 Å². The highest BCUT2D eigenvalue weighted by Crippen LogP contribution is 2.32. The lowest BCUT2D eigenvalue weighted by Crippen LogP contribution is -2.45. The molecular weight excluding hydrogens is 427 g/mol. The number of rotatable bonds is 6. The summed E-state index contributed by atoms with van der Waals surface area (Å²) in [5.74, 6) is -0.565. The maximum atomic E-state index is 12.5. The molecule has 136 valence electrons. The van der Waals surface area contributed by atoms with Crippen LogP contribution in [0.4, 0.5) is 10.8 Å². The molecule has 0 aliphatic heterocycles. The van der Waals surface area contributed by atoms with Crippen molar-refractivity contribution in [2.24, 2.45) is 0 Å². The number of carbonyl (C=O) groups is 1. The Kier molecular flexibility index (Phi) is 6.55. The number of carbonyl (C=O) groups excluding carboxylic acids is 1. The summed E-state index contributed by atoms with van der Waals surface area (Å²) in [6.07, 6.45) is 2.83. The molecule has 1 aromatic carbocycles. The van der Waals surface area contributed by atoms with Crippen molar-refractivity contribution in [3.8, 4) is 0 Å². The first kappa shape index (κ1) is 20.2. The summed E-state index contributed by atoms with van der Waals surface area (Å²) in [6.45, 7) is 1.45. The van der Waals surface area contributed by atoms with E-state index in [4.69, 9.17) is 23.2 Å². The standard InChI is InChI=1S/C13H14Cl2N4O3S3/c1-7(11(20)16-12-17-18-13(23-2)24-12)19(25(3,21)22)10-6-8(14)4-5-9(10)15/h4-7H,1-3H3,(H,16,17,20). The highest BCUT2D eigenvalue weighted by molar-refractivity contribution is 8.00. The Morgan fingerprint density at radius 1 is 1.36 bits per heavy atom. The summed E-state index contributed by atoms with van der Waals surface area (Å²) in [5, 5.41) is 11.0. The largest absolute Gasteiger partial charge is 0.299 e. The predicted octanol–water partition coefficient (Wildman–Crippen LogP) is 3.36. The topological polar surface area (TPSA) is 92.3 Å². The Hall–Kier alpha value is -1.07. The SMILES string of the molecule is CSc1nnc(NC(=O)C(C)N(c2cc(Cl)ccc2Cl)S(C)(=O)=O)s1. The first-order valence-electron chi connectivity index (χ1n) is 6.76. The number of nitrogens with zero attached hydrogens (tertiary/aromatic N) is 3. The smallest absolute Gasteiger partial charge is 0.249 e. The Bertz CT molecular complexity index is 888. The summed E-state index contributed by atoms with van der Waals surface area (Å²) >= 11 is 14.6. The van der Waals surface area contributed by atoms with E-state index in [9.17, 15) is 13.2 Å². The molecule has 0 saturated heterocycles. The zero-order valence-electron chi connectivity index (χ0n) is 13.4. The lowest BCUT2D eigenvalue weighted by atomic mass is 10.2. The lowest BCUT2D eigenvalue weighted by molar-refractivity contribution is -0.116. The first-order valence-corrected chi connectivity index (χ1v) is 11.4. The number of halogens is 2. The van der Waals surface area contributed by atoms with Gasteiger partial charge in [-0.15, -0.1) is 10.2 Å². The normalized spacial score (nSPS) is 12.7. The molecule has 25 heavy (non-hydrogen) atoms. The molecule has 0 bridgehead atoms. The van der Waals surface area contributed by atoms with Gasteiger partial charge < -0.3 is 0 Å². The van der Waals surface area contributed by atoms with Gasteiger partial charge in [-0.1, -0.05) is 46.3 Å². The van der Waals surface area contributed by atoms with E-state index in [0.29, 0.717) is 9.36 Å². The van der Waals surface area contributed by atoms with Gasteiger partial charge in [0.2, 0.25) is 21.1 Å². The van der Waals surface area contributed by atoms with Crippen LogP contribution in [-0.2, 0) is 14.8 Å². The number of aromatic nitrogens is 2. The lowest BCUT2D eigenvalue weighted by Gasteiger charge is -2.28. The van der Waals surface area contributed by atoms with Crippen LogP contribution in [0.15, 0.2) is 22.5 Å². The number of hydrogen-bond acceptors (Lipinski definition) is 7. The van der Waals surface area contributed by atoms with Gasteiger partial charge in [0, 0.05) is 5.02 Å². The second kappa shape index (κ2) is 8.09. The maximum Gasteiger partial charge on any atom is 0.249 e. The molecule has 0 saturated carbocycles. The second-order valence-electron chi connectivity index (χ2n) is 4.90. The number of amides is 1. The average Bonchev–Trinajstić information content (AvgIpc) is 2.97. The fourth-order valence-corrected chi connectivity index (χ4v) is 4.76. The molecule has 1 aromatic heterocycles. The first-order chi connectivity index (χ1) is 11.6. The van der Waals surface area contributed by atoms with Crippen molar-refractivity contribution in [3.63, 3.8) is 0 Å². The van der Waals surface area contributed by atoms with E-state index in [1.807, 2.05) is 6.26 Å². The van der Waals surface area contributed by atoms with Crippen LogP contribution in [0, 0.1) is 0 Å². The average molecular weight is 441 g/mol. The number of benzene rings is 1. The van der Waals surface area contributed by atoms with Crippen LogP contribution < -0.4 is 9.62 Å². The number of sulfonamides is 1. The molecule has 0 fully saturated rings. The quantitative estimate of drug-likeness (QED) is 0.546. The van der Waals surface area contributed by atoms with Gasteiger partial charge in [0.05, 0.1) is 17.0 Å². The van der Waals surface area contributed by atoms with Crippen molar-refractivity contribution in [2.45, 2.75) is 17.3 Å². The third-order valence-electron chi connectivity index (χ3n) is 3.05. The fraction of sp³-hybridized carbons (Fsp3) is 0.308. The molecule has 0 aliphatic carbocycles. The summed E-state index contributed by atoms with van der Waals surface area (Å²) in [7, 11) is -3.80. The Morgan fingerprint density at radius 3 is 2.60 bits per heavy atom. The van der Waals surface area contributed by atoms with E-state index in [0.717, 1.165) is 10.6 Å². The Morgan fingerprint density at radius 2 is 2.04 bits per heavy atom. The number of anilines is 2. The minimum Gasteiger partial charge on any atom is -0.299 e. The van der Waals surface area contributed by atoms with Crippen molar-refractivity contribution < 1.29 is 13.2 Å². The molecule has 1 N–H and O–H groups in total. The monoisotopic (exact) mass is 440 g/mol. The van der Waals surface area contributed by atoms with Crippen LogP contribution >= 0.6 is 46.3 Å². The van der Waals surface area contributed by atoms with E-state index in [-0.39, 0.29) is 15.8 Å². The van der Waals surface area contributed by atoms with Crippen molar-refractivity contribution in [1.29, 1.82) is 0 Å². The minimum absolute atomic E-state index is 0.126. The third-order valence-corrected chi connectivity index (χ3v) is 6.64.